The molecule has 6 heteroatoms. The van der Waals surface area contributed by atoms with Gasteiger partial charge in [-0.25, -0.2) is 4.79 Å². The van der Waals surface area contributed by atoms with Crippen molar-refractivity contribution in [1.82, 2.24) is 0 Å². The van der Waals surface area contributed by atoms with Gasteiger partial charge in [0.25, 0.3) is 0 Å². The molecule has 0 atom stereocenters. The SMILES string of the molecule is COC=C(C(=O)OC)c1ccccc1COc1ccc(CN=O)cc1C. The zero-order valence-electron chi connectivity index (χ0n) is 15.0. The molecule has 2 aromatic rings. The van der Waals surface area contributed by atoms with Crippen LogP contribution in [0.3, 0.4) is 0 Å². The van der Waals surface area contributed by atoms with Crippen LogP contribution in [0, 0.1) is 11.8 Å². The van der Waals surface area contributed by atoms with E-state index in [-0.39, 0.29) is 13.2 Å². The van der Waals surface area contributed by atoms with Crippen molar-refractivity contribution in [1.29, 1.82) is 0 Å². The number of nitrogens with zero attached hydrogens (tertiary/aromatic N) is 1. The standard InChI is InChI=1S/C20H21NO5/c1-14-10-15(11-21-23)8-9-19(14)26-12-16-6-4-5-7-17(16)18(13-24-2)20(22)25-3/h4-10,13H,11-12H2,1-3H3. The van der Waals surface area contributed by atoms with Crippen LogP contribution >= 0.6 is 0 Å². The van der Waals surface area contributed by atoms with Gasteiger partial charge in [0.15, 0.2) is 0 Å². The molecule has 0 unspecified atom stereocenters. The van der Waals surface area contributed by atoms with E-state index < -0.39 is 5.97 Å². The minimum absolute atomic E-state index is 0.133. The van der Waals surface area contributed by atoms with Crippen molar-refractivity contribution in [2.45, 2.75) is 20.1 Å². The Kier molecular flexibility index (Phi) is 6.91. The van der Waals surface area contributed by atoms with Crippen LogP contribution < -0.4 is 4.74 Å². The third-order valence-electron chi connectivity index (χ3n) is 3.82. The van der Waals surface area contributed by atoms with E-state index in [4.69, 9.17) is 14.2 Å². The van der Waals surface area contributed by atoms with E-state index >= 15 is 0 Å². The molecule has 0 saturated carbocycles. The van der Waals surface area contributed by atoms with Gasteiger partial charge < -0.3 is 14.2 Å². The number of methoxy groups -OCH3 is 2. The molecule has 0 N–H and O–H groups in total. The van der Waals surface area contributed by atoms with E-state index in [1.165, 1.54) is 20.5 Å². The van der Waals surface area contributed by atoms with Crippen LogP contribution in [0.2, 0.25) is 0 Å². The van der Waals surface area contributed by atoms with Crippen LogP contribution in [0.5, 0.6) is 5.75 Å². The fraction of sp³-hybridized carbons (Fsp3) is 0.250. The van der Waals surface area contributed by atoms with E-state index in [1.807, 2.05) is 43.3 Å². The summed E-state index contributed by atoms with van der Waals surface area (Å²) < 4.78 is 15.8. The Hall–Kier alpha value is -3.15. The van der Waals surface area contributed by atoms with Gasteiger partial charge in [-0.1, -0.05) is 41.6 Å². The highest BCUT2D eigenvalue weighted by molar-refractivity contribution is 6.16. The molecule has 6 nitrogen and oxygen atoms in total. The van der Waals surface area contributed by atoms with Crippen molar-refractivity contribution in [3.05, 3.63) is 75.9 Å². The highest BCUT2D eigenvalue weighted by atomic mass is 16.5. The third-order valence-corrected chi connectivity index (χ3v) is 3.82. The molecule has 0 fully saturated rings. The van der Waals surface area contributed by atoms with Crippen LogP contribution in [-0.4, -0.2) is 20.2 Å². The molecule has 0 spiro atoms. The topological polar surface area (TPSA) is 74.2 Å². The summed E-state index contributed by atoms with van der Waals surface area (Å²) in [6.45, 7) is 2.30. The number of ether oxygens (including phenoxy) is 3. The summed E-state index contributed by atoms with van der Waals surface area (Å²) in [5.41, 5.74) is 3.56. The second-order valence-electron chi connectivity index (χ2n) is 5.59. The van der Waals surface area contributed by atoms with Crippen LogP contribution in [0.4, 0.5) is 0 Å². The molecule has 26 heavy (non-hydrogen) atoms. The Bertz CT molecular complexity index is 814. The van der Waals surface area contributed by atoms with Crippen LogP contribution in [0.15, 0.2) is 53.9 Å². The smallest absolute Gasteiger partial charge is 0.341 e. The molecule has 0 aliphatic carbocycles. The average molecular weight is 355 g/mol. The van der Waals surface area contributed by atoms with E-state index in [2.05, 4.69) is 5.18 Å². The summed E-state index contributed by atoms with van der Waals surface area (Å²) in [5.74, 6) is 0.214. The first-order valence-corrected chi connectivity index (χ1v) is 8.01. The number of benzene rings is 2. The first-order chi connectivity index (χ1) is 12.6. The molecule has 0 saturated heterocycles. The Morgan fingerprint density at radius 2 is 1.92 bits per heavy atom. The van der Waals surface area contributed by atoms with E-state index in [9.17, 15) is 9.70 Å². The summed E-state index contributed by atoms with van der Waals surface area (Å²) in [4.78, 5) is 22.4. The molecular weight excluding hydrogens is 334 g/mol. The van der Waals surface area contributed by atoms with Gasteiger partial charge in [0.05, 0.1) is 20.5 Å². The molecular formula is C20H21NO5. The zero-order chi connectivity index (χ0) is 18.9. The fourth-order valence-corrected chi connectivity index (χ4v) is 2.56. The fourth-order valence-electron chi connectivity index (χ4n) is 2.56. The molecule has 0 aliphatic rings. The molecule has 0 amide bonds. The zero-order valence-corrected chi connectivity index (χ0v) is 15.0. The maximum atomic E-state index is 12.0. The Labute approximate surface area is 152 Å². The molecule has 0 bridgehead atoms. The summed E-state index contributed by atoms with van der Waals surface area (Å²) in [5, 5.41) is 2.89. The number of hydrogen-bond acceptors (Lipinski definition) is 6. The van der Waals surface area contributed by atoms with Gasteiger partial charge >= 0.3 is 5.97 Å². The van der Waals surface area contributed by atoms with Gasteiger partial charge in [0.1, 0.15) is 24.5 Å². The number of esters is 1. The Balaban J connectivity index is 2.24. The summed E-state index contributed by atoms with van der Waals surface area (Å²) >= 11 is 0. The maximum absolute atomic E-state index is 12.0. The van der Waals surface area contributed by atoms with Crippen molar-refractivity contribution < 1.29 is 19.0 Å². The molecule has 136 valence electrons. The van der Waals surface area contributed by atoms with Gasteiger partial charge in [-0.05, 0) is 35.2 Å². The minimum Gasteiger partial charge on any atom is -0.503 e. The van der Waals surface area contributed by atoms with Crippen molar-refractivity contribution in [2.75, 3.05) is 14.2 Å². The monoisotopic (exact) mass is 355 g/mol. The van der Waals surface area contributed by atoms with Gasteiger partial charge in [-0.3, -0.25) is 0 Å². The lowest BCUT2D eigenvalue weighted by atomic mass is 10.0. The number of nitroso groups, excluding NO2 is 1. The quantitative estimate of drug-likeness (QED) is 0.310. The Morgan fingerprint density at radius 1 is 1.15 bits per heavy atom. The van der Waals surface area contributed by atoms with E-state index in [0.29, 0.717) is 16.9 Å². The van der Waals surface area contributed by atoms with Crippen molar-refractivity contribution in [2.24, 2.45) is 5.18 Å². The van der Waals surface area contributed by atoms with Gasteiger partial charge in [0, 0.05) is 0 Å². The number of hydrogen-bond donors (Lipinski definition) is 0. The van der Waals surface area contributed by atoms with Crippen LogP contribution in [-0.2, 0) is 27.4 Å². The Morgan fingerprint density at radius 3 is 2.58 bits per heavy atom. The predicted octanol–water partition coefficient (Wildman–Crippen LogP) is 4.00. The minimum atomic E-state index is -0.485. The number of carbonyl (C=O) groups excluding carboxylic acids is 1. The van der Waals surface area contributed by atoms with E-state index in [1.54, 1.807) is 6.07 Å². The lowest BCUT2D eigenvalue weighted by molar-refractivity contribution is -0.133. The molecule has 0 heterocycles. The lowest BCUT2D eigenvalue weighted by Gasteiger charge is -2.14. The number of rotatable bonds is 8. The van der Waals surface area contributed by atoms with Crippen molar-refractivity contribution in [3.63, 3.8) is 0 Å². The summed E-state index contributed by atoms with van der Waals surface area (Å²) in [7, 11) is 2.80. The number of aryl methyl sites for hydroxylation is 1. The first-order valence-electron chi connectivity index (χ1n) is 8.01. The maximum Gasteiger partial charge on any atom is 0.341 e. The summed E-state index contributed by atoms with van der Waals surface area (Å²) in [6.07, 6.45) is 1.36. The van der Waals surface area contributed by atoms with Gasteiger partial charge in [-0.15, -0.1) is 0 Å². The molecule has 2 rings (SSSR count). The van der Waals surface area contributed by atoms with Crippen molar-refractivity contribution in [3.8, 4) is 5.75 Å². The molecule has 0 aromatic heterocycles. The molecule has 2 aromatic carbocycles. The highest BCUT2D eigenvalue weighted by Gasteiger charge is 2.17. The third kappa shape index (κ3) is 4.69. The predicted molar refractivity (Wildman–Crippen MR) is 98.5 cm³/mol. The second-order valence-corrected chi connectivity index (χ2v) is 5.59. The van der Waals surface area contributed by atoms with Crippen LogP contribution in [0.25, 0.3) is 5.57 Å². The normalized spacial score (nSPS) is 11.0. The van der Waals surface area contributed by atoms with Gasteiger partial charge in [-0.2, -0.15) is 4.91 Å². The van der Waals surface area contributed by atoms with E-state index in [0.717, 1.165) is 16.7 Å². The first kappa shape index (κ1) is 19.2. The molecule has 0 aliphatic heterocycles. The average Bonchev–Trinajstić information content (AvgIpc) is 2.65. The van der Waals surface area contributed by atoms with Crippen molar-refractivity contribution >= 4 is 11.5 Å². The van der Waals surface area contributed by atoms with Gasteiger partial charge in [0.2, 0.25) is 0 Å². The van der Waals surface area contributed by atoms with Crippen LogP contribution in [0.1, 0.15) is 22.3 Å². The molecule has 0 radical (unpaired) electrons. The second kappa shape index (κ2) is 9.36. The summed E-state index contributed by atoms with van der Waals surface area (Å²) in [6, 6.07) is 12.9. The number of carbonyl (C=O) groups is 1. The largest absolute Gasteiger partial charge is 0.503 e. The lowest BCUT2D eigenvalue weighted by Crippen LogP contribution is -2.08. The highest BCUT2D eigenvalue weighted by Crippen LogP contribution is 2.25.